The molecule has 22 heavy (non-hydrogen) atoms. The first-order valence-corrected chi connectivity index (χ1v) is 8.59. The van der Waals surface area contributed by atoms with Crippen molar-refractivity contribution < 1.29 is 5.11 Å². The van der Waals surface area contributed by atoms with Crippen molar-refractivity contribution in [1.82, 2.24) is 0 Å². The molecule has 0 heterocycles. The van der Waals surface area contributed by atoms with E-state index in [4.69, 9.17) is 0 Å². The minimum Gasteiger partial charge on any atom is -0.508 e. The summed E-state index contributed by atoms with van der Waals surface area (Å²) in [6.07, 6.45) is 7.64. The van der Waals surface area contributed by atoms with E-state index in [9.17, 15) is 5.11 Å². The lowest BCUT2D eigenvalue weighted by Gasteiger charge is -2.49. The number of phenolic OH excluding ortho intramolecular Hbond substituents is 1. The summed E-state index contributed by atoms with van der Waals surface area (Å²) in [4.78, 5) is 0. The number of hydrogen-bond acceptors (Lipinski definition) is 1. The highest BCUT2D eigenvalue weighted by Crippen LogP contribution is 2.62. The molecule has 0 aromatic heterocycles. The van der Waals surface area contributed by atoms with Gasteiger partial charge in [0.2, 0.25) is 0 Å². The fourth-order valence-electron chi connectivity index (χ4n) is 5.48. The van der Waals surface area contributed by atoms with Gasteiger partial charge in [-0.2, -0.15) is 0 Å². The van der Waals surface area contributed by atoms with Crippen LogP contribution in [0.1, 0.15) is 56.1 Å². The standard InChI is InChI=1S/C19H24O.C2H4/c1-12-3-8-18-17-6-4-13-11-14(20)5-7-15(13)16(17)9-10-19(12,18)2;1-2/h5,7,11,16-18,20H,1,3-4,6,8-10H2,2H3;1-2H2. The zero-order chi connectivity index (χ0) is 15.9. The maximum absolute atomic E-state index is 9.70. The average Bonchev–Trinajstić information content (AvgIpc) is 2.84. The molecule has 4 atom stereocenters. The highest BCUT2D eigenvalue weighted by atomic mass is 16.3. The quantitative estimate of drug-likeness (QED) is 0.617. The Morgan fingerprint density at radius 2 is 1.91 bits per heavy atom. The number of phenols is 1. The molecule has 2 saturated carbocycles. The lowest BCUT2D eigenvalue weighted by atomic mass is 9.55. The molecule has 4 rings (SSSR count). The molecule has 1 aromatic carbocycles. The third kappa shape index (κ3) is 2.14. The second kappa shape index (κ2) is 5.61. The van der Waals surface area contributed by atoms with Crippen molar-refractivity contribution in [2.45, 2.75) is 51.4 Å². The first-order valence-electron chi connectivity index (χ1n) is 8.59. The van der Waals surface area contributed by atoms with Gasteiger partial charge in [0.15, 0.2) is 0 Å². The highest BCUT2D eigenvalue weighted by Gasteiger charge is 2.51. The van der Waals surface area contributed by atoms with Crippen LogP contribution in [0, 0.1) is 17.3 Å². The smallest absolute Gasteiger partial charge is 0.115 e. The minimum atomic E-state index is 0.412. The van der Waals surface area contributed by atoms with Gasteiger partial charge in [0.25, 0.3) is 0 Å². The fraction of sp³-hybridized carbons (Fsp3) is 0.524. The van der Waals surface area contributed by atoms with E-state index in [0.29, 0.717) is 11.2 Å². The number of benzene rings is 1. The van der Waals surface area contributed by atoms with E-state index in [-0.39, 0.29) is 0 Å². The Hall–Kier alpha value is -1.50. The molecule has 4 unspecified atom stereocenters. The van der Waals surface area contributed by atoms with Crippen molar-refractivity contribution in [2.75, 3.05) is 0 Å². The van der Waals surface area contributed by atoms with E-state index in [1.54, 1.807) is 0 Å². The zero-order valence-electron chi connectivity index (χ0n) is 13.8. The van der Waals surface area contributed by atoms with E-state index in [1.165, 1.54) is 48.8 Å². The molecule has 3 aliphatic carbocycles. The van der Waals surface area contributed by atoms with E-state index < -0.39 is 0 Å². The second-order valence-electron chi connectivity index (χ2n) is 7.40. The Bertz CT molecular complexity index is 588. The first kappa shape index (κ1) is 15.4. The Morgan fingerprint density at radius 3 is 2.68 bits per heavy atom. The SMILES string of the molecule is C=C.C=C1CCC2C3CCc4cc(O)ccc4C3CCC12C. The normalized spacial score (nSPS) is 35.7. The number of fused-ring (bicyclic) bond motifs is 5. The van der Waals surface area contributed by atoms with Gasteiger partial charge in [0, 0.05) is 0 Å². The van der Waals surface area contributed by atoms with Crippen LogP contribution in [0.4, 0.5) is 0 Å². The number of hydrogen-bond donors (Lipinski definition) is 1. The third-order valence-corrected chi connectivity index (χ3v) is 6.66. The van der Waals surface area contributed by atoms with Gasteiger partial charge >= 0.3 is 0 Å². The van der Waals surface area contributed by atoms with Crippen molar-refractivity contribution >= 4 is 0 Å². The second-order valence-corrected chi connectivity index (χ2v) is 7.40. The molecule has 0 spiro atoms. The molecule has 1 N–H and O–H groups in total. The van der Waals surface area contributed by atoms with E-state index >= 15 is 0 Å². The predicted octanol–water partition coefficient (Wildman–Crippen LogP) is 5.61. The molecule has 0 aliphatic heterocycles. The minimum absolute atomic E-state index is 0.412. The van der Waals surface area contributed by atoms with E-state index in [1.807, 2.05) is 12.1 Å². The molecule has 0 amide bonds. The Morgan fingerprint density at radius 1 is 1.14 bits per heavy atom. The van der Waals surface area contributed by atoms with Gasteiger partial charge < -0.3 is 5.11 Å². The molecule has 2 fully saturated rings. The van der Waals surface area contributed by atoms with E-state index in [0.717, 1.165) is 24.2 Å². The van der Waals surface area contributed by atoms with Crippen molar-refractivity contribution in [3.8, 4) is 5.75 Å². The number of aromatic hydroxyl groups is 1. The van der Waals surface area contributed by atoms with Crippen LogP contribution in [0.2, 0.25) is 0 Å². The summed E-state index contributed by atoms with van der Waals surface area (Å²) in [6, 6.07) is 6.06. The van der Waals surface area contributed by atoms with Crippen LogP contribution in [0.3, 0.4) is 0 Å². The van der Waals surface area contributed by atoms with Crippen LogP contribution in [-0.4, -0.2) is 5.11 Å². The van der Waals surface area contributed by atoms with Crippen LogP contribution in [0.25, 0.3) is 0 Å². The van der Waals surface area contributed by atoms with Crippen molar-refractivity contribution in [3.05, 3.63) is 54.6 Å². The molecule has 1 heteroatoms. The topological polar surface area (TPSA) is 20.2 Å². The molecule has 3 aliphatic rings. The van der Waals surface area contributed by atoms with E-state index in [2.05, 4.69) is 32.7 Å². The Kier molecular flexibility index (Phi) is 3.92. The molecule has 1 nitrogen and oxygen atoms in total. The molecular formula is C21H28O. The van der Waals surface area contributed by atoms with Crippen LogP contribution in [-0.2, 0) is 6.42 Å². The molecule has 1 aromatic rings. The summed E-state index contributed by atoms with van der Waals surface area (Å²) in [5.41, 5.74) is 4.85. The molecule has 0 saturated heterocycles. The van der Waals surface area contributed by atoms with Crippen molar-refractivity contribution in [1.29, 1.82) is 0 Å². The summed E-state index contributed by atoms with van der Waals surface area (Å²) in [6.45, 7) is 12.8. The number of aryl methyl sites for hydroxylation is 1. The summed E-state index contributed by atoms with van der Waals surface area (Å²) in [5, 5.41) is 9.70. The monoisotopic (exact) mass is 296 g/mol. The van der Waals surface area contributed by atoms with Crippen LogP contribution >= 0.6 is 0 Å². The maximum atomic E-state index is 9.70. The predicted molar refractivity (Wildman–Crippen MR) is 93.1 cm³/mol. The van der Waals surface area contributed by atoms with Crippen LogP contribution < -0.4 is 0 Å². The van der Waals surface area contributed by atoms with Gasteiger partial charge in [-0.3, -0.25) is 0 Å². The zero-order valence-corrected chi connectivity index (χ0v) is 13.8. The fourth-order valence-corrected chi connectivity index (χ4v) is 5.48. The Balaban J connectivity index is 0.000000693. The Labute approximate surface area is 134 Å². The lowest BCUT2D eigenvalue weighted by molar-refractivity contribution is 0.0816. The summed E-state index contributed by atoms with van der Waals surface area (Å²) in [7, 11) is 0. The average molecular weight is 296 g/mol. The van der Waals surface area contributed by atoms with Crippen molar-refractivity contribution in [3.63, 3.8) is 0 Å². The summed E-state index contributed by atoms with van der Waals surface area (Å²) < 4.78 is 0. The van der Waals surface area contributed by atoms with Gasteiger partial charge in [-0.05, 0) is 85.0 Å². The number of rotatable bonds is 0. The van der Waals surface area contributed by atoms with Gasteiger partial charge in [0.05, 0.1) is 0 Å². The first-order chi connectivity index (χ1) is 10.6. The van der Waals surface area contributed by atoms with Gasteiger partial charge in [-0.15, -0.1) is 13.2 Å². The third-order valence-electron chi connectivity index (χ3n) is 6.66. The summed E-state index contributed by atoms with van der Waals surface area (Å²) in [5.74, 6) is 2.83. The molecule has 118 valence electrons. The van der Waals surface area contributed by atoms with Crippen LogP contribution in [0.5, 0.6) is 5.75 Å². The largest absolute Gasteiger partial charge is 0.508 e. The van der Waals surface area contributed by atoms with Gasteiger partial charge in [0.1, 0.15) is 5.75 Å². The van der Waals surface area contributed by atoms with Gasteiger partial charge in [-0.1, -0.05) is 25.1 Å². The molecule has 0 bridgehead atoms. The highest BCUT2D eigenvalue weighted by molar-refractivity contribution is 5.40. The van der Waals surface area contributed by atoms with Gasteiger partial charge in [-0.25, -0.2) is 0 Å². The maximum Gasteiger partial charge on any atom is 0.115 e. The molecule has 0 radical (unpaired) electrons. The molecular weight excluding hydrogens is 268 g/mol. The summed E-state index contributed by atoms with van der Waals surface area (Å²) >= 11 is 0. The number of allylic oxidation sites excluding steroid dienone is 1. The lowest BCUT2D eigenvalue weighted by Crippen LogP contribution is -2.40. The van der Waals surface area contributed by atoms with Crippen molar-refractivity contribution in [2.24, 2.45) is 17.3 Å². The van der Waals surface area contributed by atoms with Crippen LogP contribution in [0.15, 0.2) is 43.5 Å².